The van der Waals surface area contributed by atoms with E-state index in [1.165, 1.54) is 27.7 Å². The summed E-state index contributed by atoms with van der Waals surface area (Å²) < 4.78 is 254. The van der Waals surface area contributed by atoms with Crippen molar-refractivity contribution in [3.8, 4) is 0 Å². The number of carbonyl (C=O) groups excluding carboxylic acids is 5. The zero-order chi connectivity index (χ0) is 59.1. The lowest BCUT2D eigenvalue weighted by atomic mass is 9.64. The van der Waals surface area contributed by atoms with E-state index < -0.39 is 180 Å². The molecule has 13 nitrogen and oxygen atoms in total. The average Bonchev–Trinajstić information content (AvgIpc) is 3.11. The van der Waals surface area contributed by atoms with Gasteiger partial charge in [0.05, 0.1) is 16.2 Å². The molecule has 7 unspecified atom stereocenters. The standard InChI is InChI=1S/C46H67F15O13/c1-17-37(14,23-38(15,22-36(12,13)28(62)70-33(3,4)5)30(64)68-24(2)21-40(67,43(50,51)52)44(53,54)55)29(63)69-27-19-25(39(16,42(47,48)49)73-31(65)71-34(6,7)8)18-26(20-27)41(45(56,57)58,46(59,60)61)74-32(66)72-35(9,10)11/h24-27,67H,17-23H2,1-16H3. The normalized spacial score (nSPS) is 21.2. The fourth-order valence-electron chi connectivity index (χ4n) is 8.53. The third kappa shape index (κ3) is 16.4. The van der Waals surface area contributed by atoms with Gasteiger partial charge in [0.2, 0.25) is 5.60 Å². The highest BCUT2D eigenvalue weighted by Gasteiger charge is 2.79. The maximum atomic E-state index is 15.3. The number of esters is 3. The number of ether oxygens (including phenoxy) is 7. The Morgan fingerprint density at radius 1 is 0.486 bits per heavy atom. The maximum absolute atomic E-state index is 15.3. The molecule has 1 fully saturated rings. The average molecular weight is 1110 g/mol. The van der Waals surface area contributed by atoms with E-state index >= 15 is 39.5 Å². The van der Waals surface area contributed by atoms with Crippen LogP contribution in [-0.2, 0) is 47.5 Å². The molecule has 0 aromatic heterocycles. The van der Waals surface area contributed by atoms with Crippen LogP contribution in [0.5, 0.6) is 0 Å². The molecule has 0 spiro atoms. The fourth-order valence-corrected chi connectivity index (χ4v) is 8.53. The van der Waals surface area contributed by atoms with Crippen molar-refractivity contribution in [1.82, 2.24) is 0 Å². The third-order valence-corrected chi connectivity index (χ3v) is 12.2. The molecule has 74 heavy (non-hydrogen) atoms. The lowest BCUT2D eigenvalue weighted by Crippen LogP contribution is -2.67. The first kappa shape index (κ1) is 67.9. The second-order valence-corrected chi connectivity index (χ2v) is 23.1. The Labute approximate surface area is 418 Å². The fraction of sp³-hybridized carbons (Fsp3) is 0.891. The van der Waals surface area contributed by atoms with E-state index in [0.29, 0.717) is 6.92 Å². The summed E-state index contributed by atoms with van der Waals surface area (Å²) in [4.78, 5) is 67.8. The molecule has 0 radical (unpaired) electrons. The van der Waals surface area contributed by atoms with Gasteiger partial charge in [-0.2, -0.15) is 65.9 Å². The van der Waals surface area contributed by atoms with E-state index in [9.17, 15) is 55.4 Å². The van der Waals surface area contributed by atoms with Gasteiger partial charge in [-0.3, -0.25) is 14.4 Å². The van der Waals surface area contributed by atoms with E-state index in [2.05, 4.69) is 14.2 Å². The second kappa shape index (κ2) is 21.7. The summed E-state index contributed by atoms with van der Waals surface area (Å²) in [5.74, 6) is -10.7. The van der Waals surface area contributed by atoms with Crippen LogP contribution in [-0.4, -0.2) is 112 Å². The number of aliphatic hydroxyl groups is 1. The van der Waals surface area contributed by atoms with Crippen molar-refractivity contribution in [3.05, 3.63) is 0 Å². The molecule has 28 heteroatoms. The first-order chi connectivity index (χ1) is 32.3. The van der Waals surface area contributed by atoms with Gasteiger partial charge in [0.1, 0.15) is 29.0 Å². The Balaban J connectivity index is 4.27. The second-order valence-electron chi connectivity index (χ2n) is 23.1. The molecule has 1 aliphatic rings. The number of hydrogen-bond acceptors (Lipinski definition) is 13. The minimum Gasteiger partial charge on any atom is -0.462 e. The van der Waals surface area contributed by atoms with Crippen LogP contribution in [0.2, 0.25) is 0 Å². The SMILES string of the molecule is CCC(C)(CC(C)(CC(C)(C)C(=O)OC(C)(C)C)C(=O)OC(C)CC(O)(C(F)(F)F)C(F)(F)F)C(=O)OC1CC(C(C)(OC(=O)OC(C)(C)C)C(F)(F)F)CC(C(OC(=O)OC(C)(C)C)(C(F)(F)F)C(F)(F)F)C1. The van der Waals surface area contributed by atoms with E-state index in [1.807, 2.05) is 0 Å². The molecular weight excluding hydrogens is 1050 g/mol. The largest absolute Gasteiger partial charge is 0.510 e. The van der Waals surface area contributed by atoms with Gasteiger partial charge in [-0.25, -0.2) is 9.59 Å². The summed E-state index contributed by atoms with van der Waals surface area (Å²) in [6.45, 7) is 16.8. The van der Waals surface area contributed by atoms with Gasteiger partial charge in [0, 0.05) is 18.3 Å². The molecule has 0 saturated heterocycles. The molecule has 1 N–H and O–H groups in total. The molecule has 7 atom stereocenters. The quantitative estimate of drug-likeness (QED) is 0.0881. The first-order valence-corrected chi connectivity index (χ1v) is 22.8. The molecule has 0 heterocycles. The van der Waals surface area contributed by atoms with Crippen LogP contribution in [0.4, 0.5) is 75.4 Å². The summed E-state index contributed by atoms with van der Waals surface area (Å²) >= 11 is 0. The molecule has 434 valence electrons. The van der Waals surface area contributed by atoms with Crippen molar-refractivity contribution < 1.29 is 128 Å². The Morgan fingerprint density at radius 3 is 1.26 bits per heavy atom. The van der Waals surface area contributed by atoms with Gasteiger partial charge in [-0.15, -0.1) is 0 Å². The van der Waals surface area contributed by atoms with Crippen molar-refractivity contribution in [2.24, 2.45) is 28.1 Å². The van der Waals surface area contributed by atoms with Crippen LogP contribution in [0, 0.1) is 28.1 Å². The molecule has 0 amide bonds. The first-order valence-electron chi connectivity index (χ1n) is 22.8. The summed E-state index contributed by atoms with van der Waals surface area (Å²) in [6, 6.07) is 0. The number of rotatable bonds is 16. The summed E-state index contributed by atoms with van der Waals surface area (Å²) in [6.07, 6.45) is -51.6. The number of carbonyl (C=O) groups is 5. The third-order valence-electron chi connectivity index (χ3n) is 12.2. The number of hydrogen-bond donors (Lipinski definition) is 1. The van der Waals surface area contributed by atoms with Gasteiger partial charge in [0.15, 0.2) is 0 Å². The van der Waals surface area contributed by atoms with Crippen molar-refractivity contribution in [2.45, 2.75) is 232 Å². The van der Waals surface area contributed by atoms with Crippen molar-refractivity contribution in [3.63, 3.8) is 0 Å². The Bertz CT molecular complexity index is 1960. The van der Waals surface area contributed by atoms with Crippen LogP contribution in [0.3, 0.4) is 0 Å². The Hall–Kier alpha value is -4.14. The van der Waals surface area contributed by atoms with Crippen LogP contribution < -0.4 is 0 Å². The molecule has 0 aromatic carbocycles. The monoisotopic (exact) mass is 1110 g/mol. The van der Waals surface area contributed by atoms with Crippen LogP contribution in [0.25, 0.3) is 0 Å². The zero-order valence-corrected chi connectivity index (χ0v) is 43.8. The zero-order valence-electron chi connectivity index (χ0n) is 43.8. The molecule has 1 saturated carbocycles. The van der Waals surface area contributed by atoms with Gasteiger partial charge in [-0.05, 0) is 142 Å². The molecule has 1 rings (SSSR count). The van der Waals surface area contributed by atoms with Gasteiger partial charge >= 0.3 is 66.7 Å². The van der Waals surface area contributed by atoms with Crippen LogP contribution in [0.15, 0.2) is 0 Å². The molecule has 0 aromatic rings. The highest BCUT2D eigenvalue weighted by Crippen LogP contribution is 2.59. The van der Waals surface area contributed by atoms with E-state index in [4.69, 9.17) is 18.9 Å². The number of alkyl halides is 15. The molecule has 1 aliphatic carbocycles. The topological polar surface area (TPSA) is 170 Å². The molecule has 0 bridgehead atoms. The predicted octanol–water partition coefficient (Wildman–Crippen LogP) is 13.2. The maximum Gasteiger partial charge on any atom is 0.510 e. The summed E-state index contributed by atoms with van der Waals surface area (Å²) in [7, 11) is 0. The summed E-state index contributed by atoms with van der Waals surface area (Å²) in [5, 5.41) is 9.83. The van der Waals surface area contributed by atoms with E-state index in [0.717, 1.165) is 69.2 Å². The highest BCUT2D eigenvalue weighted by molar-refractivity contribution is 5.83. The van der Waals surface area contributed by atoms with Crippen molar-refractivity contribution in [2.75, 3.05) is 0 Å². The predicted molar refractivity (Wildman–Crippen MR) is 227 cm³/mol. The Morgan fingerprint density at radius 2 is 0.892 bits per heavy atom. The molecule has 0 aliphatic heterocycles. The van der Waals surface area contributed by atoms with Gasteiger partial charge in [0.25, 0.3) is 5.60 Å². The van der Waals surface area contributed by atoms with Gasteiger partial charge in [-0.1, -0.05) is 6.92 Å². The van der Waals surface area contributed by atoms with Crippen molar-refractivity contribution in [1.29, 1.82) is 0 Å². The van der Waals surface area contributed by atoms with Gasteiger partial charge < -0.3 is 38.3 Å². The lowest BCUT2D eigenvalue weighted by molar-refractivity contribution is -0.392. The van der Waals surface area contributed by atoms with E-state index in [1.54, 1.807) is 0 Å². The lowest BCUT2D eigenvalue weighted by Gasteiger charge is -2.49. The van der Waals surface area contributed by atoms with Crippen LogP contribution >= 0.6 is 0 Å². The smallest absolute Gasteiger partial charge is 0.462 e. The minimum atomic E-state index is -6.75. The van der Waals surface area contributed by atoms with Crippen LogP contribution in [0.1, 0.15) is 156 Å². The Kier molecular flexibility index (Phi) is 19.9. The van der Waals surface area contributed by atoms with Crippen molar-refractivity contribution >= 4 is 30.2 Å². The summed E-state index contributed by atoms with van der Waals surface area (Å²) in [5.41, 5.74) is -26.7. The van der Waals surface area contributed by atoms with E-state index in [-0.39, 0.29) is 6.92 Å². The number of halogens is 15. The molecular formula is C46H67F15O13. The minimum absolute atomic E-state index is 0.0886. The highest BCUT2D eigenvalue weighted by atomic mass is 19.4.